The van der Waals surface area contributed by atoms with E-state index >= 15 is 0 Å². The van der Waals surface area contributed by atoms with Crippen molar-refractivity contribution in [3.05, 3.63) is 0 Å². The van der Waals surface area contributed by atoms with Gasteiger partial charge in [-0.15, -0.1) is 0 Å². The molecule has 0 aliphatic heterocycles. The minimum atomic E-state index is 0.690. The van der Waals surface area contributed by atoms with E-state index in [9.17, 15) is 0 Å². The standard InChI is InChI=1S/C17H36N2/c1-5-12-18-17-11-9-7-8-10-16(17)14-19(13-6-2)15(3)4/h15-18H,5-14H2,1-4H3. The van der Waals surface area contributed by atoms with Crippen LogP contribution in [0.15, 0.2) is 0 Å². The summed E-state index contributed by atoms with van der Waals surface area (Å²) in [7, 11) is 0. The van der Waals surface area contributed by atoms with Crippen molar-refractivity contribution in [2.24, 2.45) is 5.92 Å². The van der Waals surface area contributed by atoms with Gasteiger partial charge in [0, 0.05) is 18.6 Å². The molecule has 0 spiro atoms. The summed E-state index contributed by atoms with van der Waals surface area (Å²) in [6, 6.07) is 1.45. The molecule has 0 amide bonds. The Kier molecular flexibility index (Phi) is 8.72. The fourth-order valence-corrected chi connectivity index (χ4v) is 3.35. The highest BCUT2D eigenvalue weighted by atomic mass is 15.1. The predicted molar refractivity (Wildman–Crippen MR) is 85.7 cm³/mol. The van der Waals surface area contributed by atoms with Gasteiger partial charge >= 0.3 is 0 Å². The Labute approximate surface area is 121 Å². The van der Waals surface area contributed by atoms with Crippen molar-refractivity contribution >= 4 is 0 Å². The van der Waals surface area contributed by atoms with Crippen LogP contribution in [0.1, 0.15) is 72.6 Å². The van der Waals surface area contributed by atoms with Crippen LogP contribution in [-0.2, 0) is 0 Å². The molecule has 19 heavy (non-hydrogen) atoms. The summed E-state index contributed by atoms with van der Waals surface area (Å²) in [5, 5.41) is 3.82. The fraction of sp³-hybridized carbons (Fsp3) is 1.00. The molecule has 0 aromatic carbocycles. The van der Waals surface area contributed by atoms with Crippen LogP contribution in [-0.4, -0.2) is 36.6 Å². The zero-order valence-corrected chi connectivity index (χ0v) is 13.8. The lowest BCUT2D eigenvalue weighted by atomic mass is 9.93. The average molecular weight is 268 g/mol. The van der Waals surface area contributed by atoms with E-state index in [1.54, 1.807) is 0 Å². The van der Waals surface area contributed by atoms with E-state index in [1.807, 2.05) is 0 Å². The maximum Gasteiger partial charge on any atom is 0.0107 e. The first-order chi connectivity index (χ1) is 9.19. The molecule has 2 nitrogen and oxygen atoms in total. The van der Waals surface area contributed by atoms with Gasteiger partial charge in [-0.1, -0.05) is 33.1 Å². The summed E-state index contributed by atoms with van der Waals surface area (Å²) >= 11 is 0. The van der Waals surface area contributed by atoms with Crippen molar-refractivity contribution in [1.29, 1.82) is 0 Å². The molecule has 2 atom stereocenters. The molecular formula is C17H36N2. The van der Waals surface area contributed by atoms with Gasteiger partial charge in [0.15, 0.2) is 0 Å². The molecule has 1 saturated carbocycles. The summed E-state index contributed by atoms with van der Waals surface area (Å²) in [5.74, 6) is 0.864. The highest BCUT2D eigenvalue weighted by Crippen LogP contribution is 2.25. The maximum absolute atomic E-state index is 3.82. The zero-order chi connectivity index (χ0) is 14.1. The summed E-state index contributed by atoms with van der Waals surface area (Å²) in [6.07, 6.45) is 9.65. The van der Waals surface area contributed by atoms with Gasteiger partial charge in [0.25, 0.3) is 0 Å². The second kappa shape index (κ2) is 9.77. The van der Waals surface area contributed by atoms with E-state index in [1.165, 1.54) is 64.6 Å². The lowest BCUT2D eigenvalue weighted by Crippen LogP contribution is -2.44. The molecule has 2 unspecified atom stereocenters. The molecule has 1 fully saturated rings. The third kappa shape index (κ3) is 6.27. The molecule has 0 radical (unpaired) electrons. The monoisotopic (exact) mass is 268 g/mol. The lowest BCUT2D eigenvalue weighted by Gasteiger charge is -2.34. The van der Waals surface area contributed by atoms with Crippen LogP contribution in [0.3, 0.4) is 0 Å². The van der Waals surface area contributed by atoms with Crippen LogP contribution in [0.25, 0.3) is 0 Å². The van der Waals surface area contributed by atoms with Gasteiger partial charge in [-0.2, -0.15) is 0 Å². The van der Waals surface area contributed by atoms with Crippen LogP contribution in [0.5, 0.6) is 0 Å². The highest BCUT2D eigenvalue weighted by molar-refractivity contribution is 4.82. The Balaban J connectivity index is 2.56. The van der Waals surface area contributed by atoms with Crippen LogP contribution >= 0.6 is 0 Å². The van der Waals surface area contributed by atoms with Crippen molar-refractivity contribution in [1.82, 2.24) is 10.2 Å². The fourth-order valence-electron chi connectivity index (χ4n) is 3.35. The molecule has 114 valence electrons. The smallest absolute Gasteiger partial charge is 0.0107 e. The van der Waals surface area contributed by atoms with Gasteiger partial charge in [0.2, 0.25) is 0 Å². The number of hydrogen-bond donors (Lipinski definition) is 1. The van der Waals surface area contributed by atoms with Crippen molar-refractivity contribution in [2.75, 3.05) is 19.6 Å². The Morgan fingerprint density at radius 2 is 1.79 bits per heavy atom. The number of rotatable bonds is 8. The first kappa shape index (κ1) is 17.0. The van der Waals surface area contributed by atoms with Crippen LogP contribution in [0.2, 0.25) is 0 Å². The first-order valence-corrected chi connectivity index (χ1v) is 8.66. The van der Waals surface area contributed by atoms with E-state index in [-0.39, 0.29) is 0 Å². The summed E-state index contributed by atoms with van der Waals surface area (Å²) in [6.45, 7) is 13.0. The Bertz CT molecular complexity index is 215. The Morgan fingerprint density at radius 3 is 2.42 bits per heavy atom. The number of hydrogen-bond acceptors (Lipinski definition) is 2. The van der Waals surface area contributed by atoms with E-state index < -0.39 is 0 Å². The van der Waals surface area contributed by atoms with Gasteiger partial charge < -0.3 is 10.2 Å². The van der Waals surface area contributed by atoms with Crippen molar-refractivity contribution < 1.29 is 0 Å². The van der Waals surface area contributed by atoms with Gasteiger partial charge in [0.05, 0.1) is 0 Å². The molecule has 0 saturated heterocycles. The Morgan fingerprint density at radius 1 is 1.05 bits per heavy atom. The molecular weight excluding hydrogens is 232 g/mol. The molecule has 0 bridgehead atoms. The van der Waals surface area contributed by atoms with Crippen LogP contribution in [0.4, 0.5) is 0 Å². The Hall–Kier alpha value is -0.0800. The highest BCUT2D eigenvalue weighted by Gasteiger charge is 2.25. The molecule has 1 aliphatic carbocycles. The first-order valence-electron chi connectivity index (χ1n) is 8.66. The SMILES string of the molecule is CCCNC1CCCCCC1CN(CCC)C(C)C. The lowest BCUT2D eigenvalue weighted by molar-refractivity contribution is 0.161. The third-order valence-electron chi connectivity index (χ3n) is 4.53. The quantitative estimate of drug-likeness (QED) is 0.668. The third-order valence-corrected chi connectivity index (χ3v) is 4.53. The van der Waals surface area contributed by atoms with Crippen molar-refractivity contribution in [2.45, 2.75) is 84.7 Å². The van der Waals surface area contributed by atoms with Crippen molar-refractivity contribution in [3.63, 3.8) is 0 Å². The molecule has 0 heterocycles. The second-order valence-corrected chi connectivity index (χ2v) is 6.55. The molecule has 0 aromatic heterocycles. The maximum atomic E-state index is 3.82. The second-order valence-electron chi connectivity index (χ2n) is 6.55. The molecule has 1 N–H and O–H groups in total. The van der Waals surface area contributed by atoms with Crippen molar-refractivity contribution in [3.8, 4) is 0 Å². The molecule has 0 aromatic rings. The summed E-state index contributed by atoms with van der Waals surface area (Å²) < 4.78 is 0. The number of nitrogens with one attached hydrogen (secondary N) is 1. The minimum absolute atomic E-state index is 0.690. The topological polar surface area (TPSA) is 15.3 Å². The normalized spacial score (nSPS) is 24.9. The zero-order valence-electron chi connectivity index (χ0n) is 13.8. The minimum Gasteiger partial charge on any atom is -0.314 e. The summed E-state index contributed by atoms with van der Waals surface area (Å²) in [5.41, 5.74) is 0. The largest absolute Gasteiger partial charge is 0.314 e. The van der Waals surface area contributed by atoms with Gasteiger partial charge in [-0.25, -0.2) is 0 Å². The molecule has 1 aliphatic rings. The van der Waals surface area contributed by atoms with E-state index in [0.717, 1.165) is 12.0 Å². The summed E-state index contributed by atoms with van der Waals surface area (Å²) in [4.78, 5) is 2.69. The number of nitrogens with zero attached hydrogens (tertiary/aromatic N) is 1. The van der Waals surface area contributed by atoms with Gasteiger partial charge in [0.1, 0.15) is 0 Å². The van der Waals surface area contributed by atoms with E-state index in [0.29, 0.717) is 6.04 Å². The van der Waals surface area contributed by atoms with Crippen LogP contribution in [0, 0.1) is 5.92 Å². The van der Waals surface area contributed by atoms with E-state index in [2.05, 4.69) is 37.9 Å². The molecule has 1 rings (SSSR count). The predicted octanol–water partition coefficient (Wildman–Crippen LogP) is 4.06. The van der Waals surface area contributed by atoms with Gasteiger partial charge in [-0.3, -0.25) is 0 Å². The molecule has 2 heteroatoms. The van der Waals surface area contributed by atoms with Crippen LogP contribution < -0.4 is 5.32 Å². The van der Waals surface area contributed by atoms with Gasteiger partial charge in [-0.05, 0) is 58.5 Å². The average Bonchev–Trinajstić information content (AvgIpc) is 2.61. The van der Waals surface area contributed by atoms with E-state index in [4.69, 9.17) is 0 Å².